The highest BCUT2D eigenvalue weighted by molar-refractivity contribution is 6.29. The second-order valence-corrected chi connectivity index (χ2v) is 2.23. The van der Waals surface area contributed by atoms with Gasteiger partial charge in [-0.25, -0.2) is 0 Å². The highest BCUT2D eigenvalue weighted by Crippen LogP contribution is 2.14. The van der Waals surface area contributed by atoms with E-state index >= 15 is 0 Å². The molecule has 0 spiro atoms. The van der Waals surface area contributed by atoms with Crippen LogP contribution in [0, 0.1) is 0 Å². The molecule has 0 fully saturated rings. The molecule has 0 saturated heterocycles. The number of carbonyl (C=O) groups is 1. The van der Waals surface area contributed by atoms with E-state index in [0.29, 0.717) is 0 Å². The van der Waals surface area contributed by atoms with E-state index in [1.54, 1.807) is 0 Å². The molecular weight excluding hydrogens is 183 g/mol. The van der Waals surface area contributed by atoms with Gasteiger partial charge in [-0.1, -0.05) is 18.2 Å². The highest BCUT2D eigenvalue weighted by Gasteiger charge is 2.38. The van der Waals surface area contributed by atoms with E-state index in [-0.39, 0.29) is 11.6 Å². The van der Waals surface area contributed by atoms with Gasteiger partial charge in [0.2, 0.25) is 0 Å². The van der Waals surface area contributed by atoms with Crippen LogP contribution in [0.3, 0.4) is 0 Å². The first-order valence-electron chi connectivity index (χ1n) is 2.52. The number of alkyl halides is 3. The average molecular weight is 188 g/mol. The minimum absolute atomic E-state index is 0.0531. The lowest BCUT2D eigenvalue weighted by Crippen LogP contribution is -2.37. The summed E-state index contributed by atoms with van der Waals surface area (Å²) in [6, 6.07) is 0. The average Bonchev–Trinajstić information content (AvgIpc) is 1.80. The van der Waals surface area contributed by atoms with E-state index in [4.69, 9.17) is 11.6 Å². The standard InChI is InChI=1S/C5H5ClF3NO/c1-3(6)2-10-4(11)5(7,8)9/h1-2H2,(H,10,11). The Morgan fingerprint density at radius 2 is 2.00 bits per heavy atom. The van der Waals surface area contributed by atoms with Crippen molar-refractivity contribution in [2.24, 2.45) is 0 Å². The first-order valence-corrected chi connectivity index (χ1v) is 2.90. The molecule has 0 unspecified atom stereocenters. The maximum atomic E-state index is 11.4. The maximum absolute atomic E-state index is 11.4. The van der Waals surface area contributed by atoms with Gasteiger partial charge in [0.15, 0.2) is 0 Å². The van der Waals surface area contributed by atoms with E-state index in [1.807, 2.05) is 0 Å². The van der Waals surface area contributed by atoms with Crippen molar-refractivity contribution in [3.8, 4) is 0 Å². The third-order valence-electron chi connectivity index (χ3n) is 0.698. The largest absolute Gasteiger partial charge is 0.471 e. The van der Waals surface area contributed by atoms with Gasteiger partial charge in [0.25, 0.3) is 0 Å². The molecule has 1 N–H and O–H groups in total. The van der Waals surface area contributed by atoms with Crippen molar-refractivity contribution in [1.82, 2.24) is 5.32 Å². The van der Waals surface area contributed by atoms with Crippen LogP contribution in [-0.2, 0) is 4.79 Å². The van der Waals surface area contributed by atoms with Gasteiger partial charge in [-0.15, -0.1) is 0 Å². The molecule has 0 aromatic carbocycles. The predicted octanol–water partition coefficient (Wildman–Crippen LogP) is 1.42. The van der Waals surface area contributed by atoms with Crippen LogP contribution in [0.15, 0.2) is 11.6 Å². The first-order chi connectivity index (χ1) is 4.84. The van der Waals surface area contributed by atoms with Crippen molar-refractivity contribution in [2.75, 3.05) is 6.54 Å². The molecule has 0 aliphatic heterocycles. The van der Waals surface area contributed by atoms with Gasteiger partial charge < -0.3 is 5.32 Å². The Morgan fingerprint density at radius 1 is 1.55 bits per heavy atom. The summed E-state index contributed by atoms with van der Waals surface area (Å²) in [7, 11) is 0. The van der Waals surface area contributed by atoms with Crippen LogP contribution >= 0.6 is 11.6 Å². The zero-order valence-corrected chi connectivity index (χ0v) is 6.09. The molecule has 11 heavy (non-hydrogen) atoms. The molecule has 0 saturated carbocycles. The fourth-order valence-corrected chi connectivity index (χ4v) is 0.343. The topological polar surface area (TPSA) is 29.1 Å². The Kier molecular flexibility index (Phi) is 3.38. The zero-order chi connectivity index (χ0) is 9.07. The number of halogens is 4. The summed E-state index contributed by atoms with van der Waals surface area (Å²) in [6.07, 6.45) is -4.85. The van der Waals surface area contributed by atoms with Crippen LogP contribution in [0.1, 0.15) is 0 Å². The van der Waals surface area contributed by atoms with Crippen molar-refractivity contribution < 1.29 is 18.0 Å². The van der Waals surface area contributed by atoms with Crippen LogP contribution in [0.5, 0.6) is 0 Å². The van der Waals surface area contributed by atoms with E-state index in [0.717, 1.165) is 0 Å². The van der Waals surface area contributed by atoms with Gasteiger partial charge in [0.05, 0.1) is 6.54 Å². The molecule has 0 bridgehead atoms. The Labute approximate surface area is 66.0 Å². The number of carbonyl (C=O) groups excluding carboxylic acids is 1. The van der Waals surface area contributed by atoms with Crippen molar-refractivity contribution in [1.29, 1.82) is 0 Å². The Morgan fingerprint density at radius 3 is 2.27 bits per heavy atom. The molecule has 1 amide bonds. The van der Waals surface area contributed by atoms with E-state index in [2.05, 4.69) is 6.58 Å². The normalized spacial score (nSPS) is 10.9. The molecule has 0 aromatic rings. The number of hydrogen-bond donors (Lipinski definition) is 1. The van der Waals surface area contributed by atoms with Gasteiger partial charge >= 0.3 is 12.1 Å². The Bertz CT molecular complexity index is 177. The lowest BCUT2D eigenvalue weighted by Gasteiger charge is -2.05. The third-order valence-corrected chi connectivity index (χ3v) is 0.832. The molecule has 0 heterocycles. The van der Waals surface area contributed by atoms with Crippen LogP contribution in [0.25, 0.3) is 0 Å². The number of hydrogen-bond acceptors (Lipinski definition) is 1. The lowest BCUT2D eigenvalue weighted by molar-refractivity contribution is -0.173. The maximum Gasteiger partial charge on any atom is 0.471 e. The summed E-state index contributed by atoms with van der Waals surface area (Å²) < 4.78 is 34.2. The SMILES string of the molecule is C=C(Cl)CNC(=O)C(F)(F)F. The van der Waals surface area contributed by atoms with Crippen molar-refractivity contribution in [2.45, 2.75) is 6.18 Å². The first kappa shape index (κ1) is 10.3. The lowest BCUT2D eigenvalue weighted by atomic mass is 10.5. The summed E-state index contributed by atoms with van der Waals surface area (Å²) in [6.45, 7) is 2.72. The number of rotatable bonds is 2. The van der Waals surface area contributed by atoms with Gasteiger partial charge in [0, 0.05) is 5.03 Å². The smallest absolute Gasteiger partial charge is 0.343 e. The molecule has 0 radical (unpaired) electrons. The molecule has 6 heteroatoms. The second-order valence-electron chi connectivity index (χ2n) is 1.70. The van der Waals surface area contributed by atoms with Gasteiger partial charge in [-0.05, 0) is 0 Å². The van der Waals surface area contributed by atoms with E-state index < -0.39 is 12.1 Å². The minimum Gasteiger partial charge on any atom is -0.343 e. The van der Waals surface area contributed by atoms with Crippen LogP contribution in [0.4, 0.5) is 13.2 Å². The molecule has 0 rings (SSSR count). The molecule has 0 aliphatic rings. The second kappa shape index (κ2) is 3.61. The van der Waals surface area contributed by atoms with Gasteiger partial charge in [-0.3, -0.25) is 4.79 Å². The van der Waals surface area contributed by atoms with Crippen LogP contribution < -0.4 is 5.32 Å². The quantitative estimate of drug-likeness (QED) is 0.696. The van der Waals surface area contributed by atoms with Crippen molar-refractivity contribution in [3.63, 3.8) is 0 Å². The van der Waals surface area contributed by atoms with Crippen LogP contribution in [0.2, 0.25) is 0 Å². The summed E-state index contributed by atoms with van der Waals surface area (Å²) in [4.78, 5) is 10.0. The summed E-state index contributed by atoms with van der Waals surface area (Å²) in [5.41, 5.74) is 0. The minimum atomic E-state index is -4.85. The molecule has 2 nitrogen and oxygen atoms in total. The summed E-state index contributed by atoms with van der Waals surface area (Å²) in [5.74, 6) is -2.01. The van der Waals surface area contributed by atoms with Gasteiger partial charge in [0.1, 0.15) is 0 Å². The third kappa shape index (κ3) is 4.66. The molecule has 64 valence electrons. The molecule has 0 aromatic heterocycles. The monoisotopic (exact) mass is 187 g/mol. The summed E-state index contributed by atoms with van der Waals surface area (Å²) in [5, 5.41) is 1.47. The molecule has 0 aliphatic carbocycles. The fraction of sp³-hybridized carbons (Fsp3) is 0.400. The van der Waals surface area contributed by atoms with E-state index in [1.165, 1.54) is 5.32 Å². The molecular formula is C5H5ClF3NO. The van der Waals surface area contributed by atoms with Crippen LogP contribution in [-0.4, -0.2) is 18.6 Å². The number of amides is 1. The number of nitrogens with one attached hydrogen (secondary N) is 1. The fourth-order valence-electron chi connectivity index (χ4n) is 0.276. The summed E-state index contributed by atoms with van der Waals surface area (Å²) >= 11 is 5.10. The molecule has 0 atom stereocenters. The van der Waals surface area contributed by atoms with Crippen molar-refractivity contribution >= 4 is 17.5 Å². The van der Waals surface area contributed by atoms with E-state index in [9.17, 15) is 18.0 Å². The zero-order valence-electron chi connectivity index (χ0n) is 5.33. The Hall–Kier alpha value is -0.710. The van der Waals surface area contributed by atoms with Gasteiger partial charge in [-0.2, -0.15) is 13.2 Å². The van der Waals surface area contributed by atoms with Crippen molar-refractivity contribution in [3.05, 3.63) is 11.6 Å². The highest BCUT2D eigenvalue weighted by atomic mass is 35.5. The Balaban J connectivity index is 3.80. The predicted molar refractivity (Wildman–Crippen MR) is 34.1 cm³/mol.